The van der Waals surface area contributed by atoms with Crippen LogP contribution in [0, 0.1) is 3.57 Å². The second-order valence-electron chi connectivity index (χ2n) is 2.56. The summed E-state index contributed by atoms with van der Waals surface area (Å²) in [4.78, 5) is 0. The van der Waals surface area contributed by atoms with Gasteiger partial charge in [0.2, 0.25) is 0 Å². The van der Waals surface area contributed by atoms with Gasteiger partial charge in [-0.1, -0.05) is 0 Å². The third kappa shape index (κ3) is 2.44. The highest BCUT2D eigenvalue weighted by Gasteiger charge is 2.03. The normalized spacial score (nSPS) is 13.4. The Morgan fingerprint density at radius 2 is 2.55 bits per heavy atom. The minimum atomic E-state index is 0.420. The van der Waals surface area contributed by atoms with Crippen LogP contribution < -0.4 is 5.73 Å². The Labute approximate surface area is 80.1 Å². The summed E-state index contributed by atoms with van der Waals surface area (Å²) in [5, 5.41) is 4.19. The maximum atomic E-state index is 5.43. The van der Waals surface area contributed by atoms with E-state index in [1.807, 2.05) is 17.1 Å². The number of hydrogen-bond donors (Lipinski definition) is 1. The van der Waals surface area contributed by atoms with Crippen molar-refractivity contribution < 1.29 is 0 Å². The predicted octanol–water partition coefficient (Wildman–Crippen LogP) is 1.40. The van der Waals surface area contributed by atoms with Crippen LogP contribution in [0.5, 0.6) is 0 Å². The predicted molar refractivity (Wildman–Crippen MR) is 53.3 cm³/mol. The molecule has 1 atom stereocenters. The Bertz CT molecular complexity index is 221. The van der Waals surface area contributed by atoms with Gasteiger partial charge < -0.3 is 5.73 Å². The van der Waals surface area contributed by atoms with Crippen molar-refractivity contribution in [3.05, 3.63) is 16.0 Å². The monoisotopic (exact) mass is 265 g/mol. The largest absolute Gasteiger partial charge is 0.330 e. The van der Waals surface area contributed by atoms with Crippen molar-refractivity contribution in [3.8, 4) is 0 Å². The fourth-order valence-corrected chi connectivity index (χ4v) is 1.34. The Kier molecular flexibility index (Phi) is 3.32. The molecule has 0 amide bonds. The van der Waals surface area contributed by atoms with E-state index in [0.29, 0.717) is 6.04 Å². The second kappa shape index (κ2) is 4.06. The zero-order chi connectivity index (χ0) is 8.27. The first kappa shape index (κ1) is 8.99. The summed E-state index contributed by atoms with van der Waals surface area (Å²) in [5.41, 5.74) is 5.43. The molecule has 0 aromatic carbocycles. The fourth-order valence-electron chi connectivity index (χ4n) is 0.929. The summed E-state index contributed by atoms with van der Waals surface area (Å²) in [7, 11) is 0. The SMILES string of the molecule is CC(CCN)n1cc(I)cn1. The molecule has 0 fully saturated rings. The second-order valence-corrected chi connectivity index (χ2v) is 3.81. The summed E-state index contributed by atoms with van der Waals surface area (Å²) in [6.45, 7) is 2.84. The van der Waals surface area contributed by atoms with Crippen LogP contribution in [0.3, 0.4) is 0 Å². The molecule has 0 spiro atoms. The van der Waals surface area contributed by atoms with Crippen LogP contribution in [-0.4, -0.2) is 16.3 Å². The molecule has 11 heavy (non-hydrogen) atoms. The molecular formula is C7H12IN3. The van der Waals surface area contributed by atoms with Gasteiger partial charge in [-0.15, -0.1) is 0 Å². The topological polar surface area (TPSA) is 43.8 Å². The highest BCUT2D eigenvalue weighted by atomic mass is 127. The van der Waals surface area contributed by atoms with Crippen LogP contribution in [0.4, 0.5) is 0 Å². The average Bonchev–Trinajstić information content (AvgIpc) is 2.36. The van der Waals surface area contributed by atoms with Crippen molar-refractivity contribution in [1.82, 2.24) is 9.78 Å². The molecule has 2 N–H and O–H groups in total. The van der Waals surface area contributed by atoms with E-state index < -0.39 is 0 Å². The molecule has 0 radical (unpaired) electrons. The molecule has 1 rings (SSSR count). The van der Waals surface area contributed by atoms with E-state index in [9.17, 15) is 0 Å². The molecule has 0 aliphatic rings. The van der Waals surface area contributed by atoms with Gasteiger partial charge >= 0.3 is 0 Å². The number of halogens is 1. The van der Waals surface area contributed by atoms with Gasteiger partial charge in [0.15, 0.2) is 0 Å². The van der Waals surface area contributed by atoms with E-state index in [0.717, 1.165) is 13.0 Å². The zero-order valence-corrected chi connectivity index (χ0v) is 8.65. The van der Waals surface area contributed by atoms with Crippen molar-refractivity contribution in [3.63, 3.8) is 0 Å². The van der Waals surface area contributed by atoms with Gasteiger partial charge in [0, 0.05) is 6.20 Å². The van der Waals surface area contributed by atoms with Crippen molar-refractivity contribution in [2.45, 2.75) is 19.4 Å². The number of nitrogens with two attached hydrogens (primary N) is 1. The molecular weight excluding hydrogens is 253 g/mol. The summed E-state index contributed by atoms with van der Waals surface area (Å²) < 4.78 is 3.13. The van der Waals surface area contributed by atoms with E-state index in [1.54, 1.807) is 0 Å². The molecule has 62 valence electrons. The summed E-state index contributed by atoms with van der Waals surface area (Å²) >= 11 is 2.25. The van der Waals surface area contributed by atoms with Gasteiger partial charge in [-0.2, -0.15) is 5.10 Å². The van der Waals surface area contributed by atoms with Crippen molar-refractivity contribution in [2.24, 2.45) is 5.73 Å². The Morgan fingerprint density at radius 1 is 1.82 bits per heavy atom. The number of nitrogens with zero attached hydrogens (tertiary/aromatic N) is 2. The lowest BCUT2D eigenvalue weighted by Crippen LogP contribution is -2.11. The molecule has 1 unspecified atom stereocenters. The van der Waals surface area contributed by atoms with Gasteiger partial charge in [-0.3, -0.25) is 4.68 Å². The maximum absolute atomic E-state index is 5.43. The van der Waals surface area contributed by atoms with Gasteiger partial charge in [0.25, 0.3) is 0 Å². The van der Waals surface area contributed by atoms with E-state index in [1.165, 1.54) is 3.57 Å². The smallest absolute Gasteiger partial charge is 0.0623 e. The van der Waals surface area contributed by atoms with Crippen LogP contribution in [0.15, 0.2) is 12.4 Å². The quantitative estimate of drug-likeness (QED) is 0.839. The van der Waals surface area contributed by atoms with Crippen molar-refractivity contribution >= 4 is 22.6 Å². The summed E-state index contributed by atoms with van der Waals surface area (Å²) in [6, 6.07) is 0.420. The highest BCUT2D eigenvalue weighted by molar-refractivity contribution is 14.1. The minimum absolute atomic E-state index is 0.420. The minimum Gasteiger partial charge on any atom is -0.330 e. The lowest BCUT2D eigenvalue weighted by atomic mass is 10.2. The molecule has 0 aliphatic carbocycles. The number of rotatable bonds is 3. The molecule has 0 saturated carbocycles. The van der Waals surface area contributed by atoms with E-state index in [4.69, 9.17) is 5.73 Å². The molecule has 0 bridgehead atoms. The highest BCUT2D eigenvalue weighted by Crippen LogP contribution is 2.10. The first-order valence-electron chi connectivity index (χ1n) is 3.63. The fraction of sp³-hybridized carbons (Fsp3) is 0.571. The van der Waals surface area contributed by atoms with E-state index >= 15 is 0 Å². The van der Waals surface area contributed by atoms with E-state index in [-0.39, 0.29) is 0 Å². The number of aromatic nitrogens is 2. The molecule has 1 aromatic rings. The first-order chi connectivity index (χ1) is 5.24. The molecule has 3 nitrogen and oxygen atoms in total. The molecule has 1 aromatic heterocycles. The summed E-state index contributed by atoms with van der Waals surface area (Å²) in [6.07, 6.45) is 4.87. The Hall–Kier alpha value is -0.100. The Morgan fingerprint density at radius 3 is 3.00 bits per heavy atom. The third-order valence-electron chi connectivity index (χ3n) is 1.61. The van der Waals surface area contributed by atoms with Crippen LogP contribution in [-0.2, 0) is 0 Å². The Balaban J connectivity index is 2.60. The van der Waals surface area contributed by atoms with Gasteiger partial charge in [-0.05, 0) is 42.5 Å². The molecule has 1 heterocycles. The average molecular weight is 265 g/mol. The van der Waals surface area contributed by atoms with Crippen LogP contribution in [0.2, 0.25) is 0 Å². The zero-order valence-electron chi connectivity index (χ0n) is 6.50. The maximum Gasteiger partial charge on any atom is 0.0623 e. The molecule has 0 saturated heterocycles. The number of hydrogen-bond acceptors (Lipinski definition) is 2. The van der Waals surface area contributed by atoms with Gasteiger partial charge in [0.05, 0.1) is 15.8 Å². The standard InChI is InChI=1S/C7H12IN3/c1-6(2-3-9)11-5-7(8)4-10-11/h4-6H,2-3,9H2,1H3. The lowest BCUT2D eigenvalue weighted by Gasteiger charge is -2.09. The molecule has 0 aliphatic heterocycles. The van der Waals surface area contributed by atoms with Crippen molar-refractivity contribution in [2.75, 3.05) is 6.54 Å². The summed E-state index contributed by atoms with van der Waals surface area (Å²) in [5.74, 6) is 0. The lowest BCUT2D eigenvalue weighted by molar-refractivity contribution is 0.465. The van der Waals surface area contributed by atoms with Crippen molar-refractivity contribution in [1.29, 1.82) is 0 Å². The van der Waals surface area contributed by atoms with Gasteiger partial charge in [0.1, 0.15) is 0 Å². The van der Waals surface area contributed by atoms with Crippen LogP contribution >= 0.6 is 22.6 Å². The third-order valence-corrected chi connectivity index (χ3v) is 2.16. The van der Waals surface area contributed by atoms with Gasteiger partial charge in [-0.25, -0.2) is 0 Å². The van der Waals surface area contributed by atoms with Crippen LogP contribution in [0.25, 0.3) is 0 Å². The molecule has 4 heteroatoms. The van der Waals surface area contributed by atoms with Crippen LogP contribution in [0.1, 0.15) is 19.4 Å². The van der Waals surface area contributed by atoms with E-state index in [2.05, 4.69) is 34.6 Å². The first-order valence-corrected chi connectivity index (χ1v) is 4.71.